The van der Waals surface area contributed by atoms with E-state index in [1.165, 1.54) is 0 Å². The Morgan fingerprint density at radius 3 is 2.50 bits per heavy atom. The van der Waals surface area contributed by atoms with Gasteiger partial charge in [0.25, 0.3) is 0 Å². The van der Waals surface area contributed by atoms with Gasteiger partial charge in [-0.25, -0.2) is 0 Å². The predicted octanol–water partition coefficient (Wildman–Crippen LogP) is 3.28. The van der Waals surface area contributed by atoms with Crippen LogP contribution in [0.4, 0.5) is 0 Å². The second-order valence-electron chi connectivity index (χ2n) is 7.49. The zero-order valence-electron chi connectivity index (χ0n) is 14.8. The van der Waals surface area contributed by atoms with Crippen LogP contribution in [0.2, 0.25) is 5.02 Å². The van der Waals surface area contributed by atoms with E-state index in [9.17, 15) is 9.59 Å². The number of amides is 2. The summed E-state index contributed by atoms with van der Waals surface area (Å²) >= 11 is 5.96. The molecule has 0 unspecified atom stereocenters. The van der Waals surface area contributed by atoms with E-state index in [4.69, 9.17) is 11.6 Å². The van der Waals surface area contributed by atoms with E-state index < -0.39 is 0 Å². The summed E-state index contributed by atoms with van der Waals surface area (Å²) in [6, 6.07) is 7.69. The van der Waals surface area contributed by atoms with E-state index in [1.54, 1.807) is 0 Å². The van der Waals surface area contributed by atoms with Crippen LogP contribution in [-0.2, 0) is 16.0 Å². The Morgan fingerprint density at radius 2 is 1.92 bits per heavy atom. The number of rotatable bonds is 4. The molecule has 1 N–H and O–H groups in total. The average molecular weight is 351 g/mol. The number of nitrogens with one attached hydrogen (secondary N) is 1. The molecule has 0 aliphatic carbocycles. The van der Waals surface area contributed by atoms with Crippen LogP contribution in [0.5, 0.6) is 0 Å². The minimum absolute atomic E-state index is 0.00776. The van der Waals surface area contributed by atoms with Crippen LogP contribution < -0.4 is 5.32 Å². The van der Waals surface area contributed by atoms with Crippen molar-refractivity contribution in [3.63, 3.8) is 0 Å². The highest BCUT2D eigenvalue weighted by atomic mass is 35.5. The van der Waals surface area contributed by atoms with Gasteiger partial charge in [-0.15, -0.1) is 0 Å². The minimum atomic E-state index is -0.355. The van der Waals surface area contributed by atoms with E-state index >= 15 is 0 Å². The molecule has 0 aromatic heterocycles. The van der Waals surface area contributed by atoms with Gasteiger partial charge in [0.05, 0.1) is 0 Å². The molecule has 1 fully saturated rings. The Kier molecular flexibility index (Phi) is 6.27. The zero-order valence-corrected chi connectivity index (χ0v) is 15.5. The van der Waals surface area contributed by atoms with Crippen LogP contribution in [0.25, 0.3) is 0 Å². The maximum Gasteiger partial charge on any atom is 0.227 e. The molecule has 0 bridgehead atoms. The molecule has 0 saturated carbocycles. The quantitative estimate of drug-likeness (QED) is 0.905. The molecule has 4 nitrogen and oxygen atoms in total. The number of piperidine rings is 1. The summed E-state index contributed by atoms with van der Waals surface area (Å²) in [6.45, 7) is 7.75. The van der Waals surface area contributed by atoms with Crippen LogP contribution in [0.3, 0.4) is 0 Å². The second-order valence-corrected chi connectivity index (χ2v) is 7.92. The monoisotopic (exact) mass is 350 g/mol. The van der Waals surface area contributed by atoms with Crippen molar-refractivity contribution in [1.82, 2.24) is 10.2 Å². The Hall–Kier alpha value is -1.55. The van der Waals surface area contributed by atoms with Crippen LogP contribution in [0.1, 0.15) is 39.2 Å². The highest BCUT2D eigenvalue weighted by Crippen LogP contribution is 2.23. The number of likely N-dealkylation sites (tertiary alicyclic amines) is 1. The molecule has 0 atom stereocenters. The maximum atomic E-state index is 12.3. The first-order valence-electron chi connectivity index (χ1n) is 8.59. The third-order valence-electron chi connectivity index (χ3n) is 4.40. The summed E-state index contributed by atoms with van der Waals surface area (Å²) in [5, 5.41) is 3.73. The molecule has 132 valence electrons. The fraction of sp³-hybridized carbons (Fsp3) is 0.579. The molecule has 0 spiro atoms. The molecule has 1 heterocycles. The van der Waals surface area contributed by atoms with Gasteiger partial charge in [-0.3, -0.25) is 9.59 Å². The molecule has 1 aromatic rings. The van der Waals surface area contributed by atoms with Gasteiger partial charge in [0.2, 0.25) is 11.8 Å². The van der Waals surface area contributed by atoms with Crippen molar-refractivity contribution >= 4 is 23.4 Å². The lowest BCUT2D eigenvalue weighted by molar-refractivity contribution is -0.142. The molecular formula is C19H27ClN2O2. The van der Waals surface area contributed by atoms with Gasteiger partial charge in [0.15, 0.2) is 0 Å². The summed E-state index contributed by atoms with van der Waals surface area (Å²) in [7, 11) is 0. The third kappa shape index (κ3) is 5.23. The summed E-state index contributed by atoms with van der Waals surface area (Å²) in [5.74, 6) is 0.274. The van der Waals surface area contributed by atoms with Gasteiger partial charge in [-0.05, 0) is 37.0 Å². The lowest BCUT2D eigenvalue weighted by Crippen LogP contribution is -2.46. The first-order valence-corrected chi connectivity index (χ1v) is 8.96. The van der Waals surface area contributed by atoms with Gasteiger partial charge in [0.1, 0.15) is 0 Å². The lowest BCUT2D eigenvalue weighted by Gasteiger charge is -2.35. The van der Waals surface area contributed by atoms with Gasteiger partial charge in [0, 0.05) is 36.0 Å². The number of hydrogen-bond acceptors (Lipinski definition) is 2. The number of carbonyl (C=O) groups excluding carboxylic acids is 2. The lowest BCUT2D eigenvalue weighted by atomic mass is 9.90. The van der Waals surface area contributed by atoms with E-state index in [0.717, 1.165) is 29.8 Å². The van der Waals surface area contributed by atoms with Crippen molar-refractivity contribution in [1.29, 1.82) is 0 Å². The Labute approximate surface area is 149 Å². The van der Waals surface area contributed by atoms with E-state index in [-0.39, 0.29) is 23.1 Å². The summed E-state index contributed by atoms with van der Waals surface area (Å²) < 4.78 is 0. The molecule has 5 heteroatoms. The Balaban J connectivity index is 1.74. The van der Waals surface area contributed by atoms with Crippen LogP contribution in [-0.4, -0.2) is 36.3 Å². The Morgan fingerprint density at radius 1 is 1.25 bits per heavy atom. The van der Waals surface area contributed by atoms with Crippen molar-refractivity contribution in [2.45, 2.75) is 40.0 Å². The highest BCUT2D eigenvalue weighted by Gasteiger charge is 2.32. The highest BCUT2D eigenvalue weighted by molar-refractivity contribution is 6.30. The van der Waals surface area contributed by atoms with Crippen LogP contribution >= 0.6 is 11.6 Å². The van der Waals surface area contributed by atoms with Crippen molar-refractivity contribution in [2.75, 3.05) is 19.6 Å². The first-order chi connectivity index (χ1) is 11.3. The third-order valence-corrected chi connectivity index (χ3v) is 4.63. The first kappa shape index (κ1) is 18.8. The van der Waals surface area contributed by atoms with Crippen molar-refractivity contribution in [3.05, 3.63) is 34.9 Å². The molecule has 1 aliphatic rings. The summed E-state index contributed by atoms with van der Waals surface area (Å²) in [4.78, 5) is 26.4. The van der Waals surface area contributed by atoms with E-state index in [2.05, 4.69) is 5.32 Å². The van der Waals surface area contributed by atoms with Crippen molar-refractivity contribution < 1.29 is 9.59 Å². The predicted molar refractivity (Wildman–Crippen MR) is 96.9 cm³/mol. The van der Waals surface area contributed by atoms with Gasteiger partial charge >= 0.3 is 0 Å². The van der Waals surface area contributed by atoms with Crippen molar-refractivity contribution in [2.24, 2.45) is 11.3 Å². The number of benzene rings is 1. The summed E-state index contributed by atoms with van der Waals surface area (Å²) in [5.41, 5.74) is 0.764. The zero-order chi connectivity index (χ0) is 17.7. The molecule has 24 heavy (non-hydrogen) atoms. The second kappa shape index (κ2) is 8.02. The maximum absolute atomic E-state index is 12.3. The van der Waals surface area contributed by atoms with Crippen molar-refractivity contribution in [3.8, 4) is 0 Å². The smallest absolute Gasteiger partial charge is 0.227 e. The molecular weight excluding hydrogens is 324 g/mol. The van der Waals surface area contributed by atoms with E-state index in [1.807, 2.05) is 49.9 Å². The van der Waals surface area contributed by atoms with Gasteiger partial charge in [-0.1, -0.05) is 44.5 Å². The Bertz CT molecular complexity index is 587. The van der Waals surface area contributed by atoms with Crippen LogP contribution in [0.15, 0.2) is 24.3 Å². The number of hydrogen-bond donors (Lipinski definition) is 1. The fourth-order valence-corrected chi connectivity index (χ4v) is 3.20. The molecule has 0 radical (unpaired) electrons. The molecule has 2 amide bonds. The van der Waals surface area contributed by atoms with Crippen LogP contribution in [0, 0.1) is 11.3 Å². The van der Waals surface area contributed by atoms with Gasteiger partial charge in [-0.2, -0.15) is 0 Å². The number of halogens is 1. The largest absolute Gasteiger partial charge is 0.356 e. The standard InChI is InChI=1S/C19H27ClN2O2/c1-19(2,3)18(24)22-11-8-15(9-12-22)17(23)21-10-7-14-5-4-6-16(20)13-14/h4-6,13,15H,7-12H2,1-3H3,(H,21,23). The average Bonchev–Trinajstić information content (AvgIpc) is 2.53. The normalized spacial score (nSPS) is 16.1. The topological polar surface area (TPSA) is 49.4 Å². The SMILES string of the molecule is CC(C)(C)C(=O)N1CCC(C(=O)NCCc2cccc(Cl)c2)CC1. The fourth-order valence-electron chi connectivity index (χ4n) is 2.99. The number of carbonyl (C=O) groups is 2. The molecule has 1 aromatic carbocycles. The molecule has 2 rings (SSSR count). The number of nitrogens with zero attached hydrogens (tertiary/aromatic N) is 1. The van der Waals surface area contributed by atoms with E-state index in [0.29, 0.717) is 19.6 Å². The molecule has 1 aliphatic heterocycles. The van der Waals surface area contributed by atoms with Gasteiger partial charge < -0.3 is 10.2 Å². The minimum Gasteiger partial charge on any atom is -0.356 e. The summed E-state index contributed by atoms with van der Waals surface area (Å²) in [6.07, 6.45) is 2.25. The molecule has 1 saturated heterocycles.